The minimum Gasteiger partial charge on any atom is -0.403 e. The van der Waals surface area contributed by atoms with Crippen LogP contribution in [0.15, 0.2) is 35.4 Å². The Hall–Kier alpha value is -2.68. The summed E-state index contributed by atoms with van der Waals surface area (Å²) in [5.41, 5.74) is 4.24. The molecule has 2 heterocycles. The number of carbonyl (C=O) groups is 2. The van der Waals surface area contributed by atoms with Crippen molar-refractivity contribution in [2.75, 3.05) is 5.75 Å². The molecule has 36 heavy (non-hydrogen) atoms. The van der Waals surface area contributed by atoms with Gasteiger partial charge in [0.05, 0.1) is 16.8 Å². The lowest BCUT2D eigenvalue weighted by Gasteiger charge is -2.35. The number of nitrogens with zero attached hydrogens (tertiary/aromatic N) is 2. The Morgan fingerprint density at radius 1 is 1.11 bits per heavy atom. The van der Waals surface area contributed by atoms with Crippen LogP contribution in [0.2, 0.25) is 10.0 Å². The van der Waals surface area contributed by atoms with Crippen LogP contribution in [-0.2, 0) is 12.0 Å². The fourth-order valence-corrected chi connectivity index (χ4v) is 6.63. The SMILES string of the molecule is CCn1ncc(C(=O)c2cc(C)c3c(c2C)C(C)(C)CCS3)c1OC(=O)c1ccc(Cl)cc1Cl.O=O. The lowest BCUT2D eigenvalue weighted by Crippen LogP contribution is -2.26. The molecular weight excluding hydrogens is 523 g/mol. The fourth-order valence-electron chi connectivity index (χ4n) is 4.47. The van der Waals surface area contributed by atoms with Crippen LogP contribution in [0.4, 0.5) is 0 Å². The zero-order chi connectivity index (χ0) is 26.8. The first-order valence-corrected chi connectivity index (χ1v) is 13.0. The van der Waals surface area contributed by atoms with Gasteiger partial charge in [-0.3, -0.25) is 4.79 Å². The van der Waals surface area contributed by atoms with Crippen LogP contribution >= 0.6 is 35.0 Å². The van der Waals surface area contributed by atoms with Gasteiger partial charge in [-0.15, -0.1) is 11.8 Å². The number of hydrogen-bond donors (Lipinski definition) is 0. The summed E-state index contributed by atoms with van der Waals surface area (Å²) in [4.78, 5) is 42.0. The smallest absolute Gasteiger partial charge is 0.346 e. The highest BCUT2D eigenvalue weighted by Crippen LogP contribution is 2.46. The van der Waals surface area contributed by atoms with Gasteiger partial charge < -0.3 is 4.74 Å². The van der Waals surface area contributed by atoms with Gasteiger partial charge in [0.1, 0.15) is 5.56 Å². The van der Waals surface area contributed by atoms with Crippen LogP contribution in [0, 0.1) is 23.8 Å². The molecule has 1 aliphatic rings. The predicted molar refractivity (Wildman–Crippen MR) is 144 cm³/mol. The maximum Gasteiger partial charge on any atom is 0.346 e. The second kappa shape index (κ2) is 11.2. The van der Waals surface area contributed by atoms with E-state index < -0.39 is 5.97 Å². The van der Waals surface area contributed by atoms with Crippen molar-refractivity contribution in [1.82, 2.24) is 9.78 Å². The van der Waals surface area contributed by atoms with Gasteiger partial charge in [-0.05, 0) is 79.3 Å². The lowest BCUT2D eigenvalue weighted by molar-refractivity contribution is 0.0717. The van der Waals surface area contributed by atoms with Crippen molar-refractivity contribution in [2.24, 2.45) is 0 Å². The molecule has 0 aliphatic carbocycles. The maximum atomic E-state index is 13.8. The van der Waals surface area contributed by atoms with Gasteiger partial charge in [0.15, 0.2) is 5.78 Å². The summed E-state index contributed by atoms with van der Waals surface area (Å²) in [6.45, 7) is 10.8. The number of fused-ring (bicyclic) bond motifs is 1. The second-order valence-corrected chi connectivity index (χ2v) is 11.0. The monoisotopic (exact) mass is 548 g/mol. The zero-order valence-electron chi connectivity index (χ0n) is 20.6. The van der Waals surface area contributed by atoms with Gasteiger partial charge in [0.25, 0.3) is 0 Å². The molecule has 0 saturated heterocycles. The number of ketones is 1. The van der Waals surface area contributed by atoms with E-state index in [9.17, 15) is 9.59 Å². The summed E-state index contributed by atoms with van der Waals surface area (Å²) in [7, 11) is 0. The first kappa shape index (κ1) is 27.9. The van der Waals surface area contributed by atoms with Gasteiger partial charge in [-0.25, -0.2) is 9.48 Å². The molecule has 0 saturated carbocycles. The third-order valence-electron chi connectivity index (χ3n) is 6.30. The van der Waals surface area contributed by atoms with Crippen molar-refractivity contribution in [3.8, 4) is 5.88 Å². The predicted octanol–water partition coefficient (Wildman–Crippen LogP) is 7.12. The number of halogens is 2. The minimum atomic E-state index is -0.679. The van der Waals surface area contributed by atoms with E-state index in [1.165, 1.54) is 33.5 Å². The van der Waals surface area contributed by atoms with E-state index in [0.29, 0.717) is 17.1 Å². The van der Waals surface area contributed by atoms with E-state index in [0.717, 1.165) is 23.3 Å². The first-order chi connectivity index (χ1) is 17.0. The van der Waals surface area contributed by atoms with E-state index in [1.54, 1.807) is 6.07 Å². The van der Waals surface area contributed by atoms with Crippen molar-refractivity contribution in [3.63, 3.8) is 0 Å². The number of benzene rings is 2. The van der Waals surface area contributed by atoms with Crippen LogP contribution in [0.25, 0.3) is 0 Å². The van der Waals surface area contributed by atoms with Crippen molar-refractivity contribution in [1.29, 1.82) is 0 Å². The number of rotatable bonds is 5. The van der Waals surface area contributed by atoms with Gasteiger partial charge >= 0.3 is 5.97 Å². The quantitative estimate of drug-likeness (QED) is 0.247. The van der Waals surface area contributed by atoms with Gasteiger partial charge in [-0.2, -0.15) is 5.10 Å². The first-order valence-electron chi connectivity index (χ1n) is 11.3. The highest BCUT2D eigenvalue weighted by Gasteiger charge is 2.34. The molecule has 0 amide bonds. The van der Waals surface area contributed by atoms with Crippen LogP contribution in [0.1, 0.15) is 70.2 Å². The largest absolute Gasteiger partial charge is 0.403 e. The van der Waals surface area contributed by atoms with Gasteiger partial charge in [-0.1, -0.05) is 37.0 Å². The summed E-state index contributed by atoms with van der Waals surface area (Å²) in [5, 5.41) is 4.88. The molecule has 190 valence electrons. The standard InChI is InChI=1S/C26H26Cl2N2O3S.O2/c1-6-30-24(33-25(32)17-8-7-16(27)12-20(17)28)19(13-29-30)22(31)18-11-14(2)23-21(15(18)3)26(4,5)9-10-34-23;1-2/h7-8,11-13H,6,9-10H2,1-5H3;. The minimum absolute atomic E-state index is 0.0278. The van der Waals surface area contributed by atoms with E-state index in [2.05, 4.69) is 18.9 Å². The molecule has 4 rings (SSSR count). The summed E-state index contributed by atoms with van der Waals surface area (Å²) >= 11 is 14.0. The number of carbonyl (C=O) groups excluding carboxylic acids is 2. The van der Waals surface area contributed by atoms with E-state index in [-0.39, 0.29) is 33.2 Å². The molecule has 0 radical (unpaired) electrons. The number of ether oxygens (including phenoxy) is 1. The molecule has 0 unspecified atom stereocenters. The Morgan fingerprint density at radius 3 is 2.44 bits per heavy atom. The van der Waals surface area contributed by atoms with Crippen molar-refractivity contribution < 1.29 is 14.3 Å². The third-order valence-corrected chi connectivity index (χ3v) is 8.07. The molecule has 1 aromatic heterocycles. The van der Waals surface area contributed by atoms with E-state index >= 15 is 0 Å². The van der Waals surface area contributed by atoms with E-state index in [4.69, 9.17) is 37.9 Å². The molecule has 0 atom stereocenters. The molecule has 0 spiro atoms. The summed E-state index contributed by atoms with van der Waals surface area (Å²) in [6, 6.07) is 6.47. The number of hydrogen-bond acceptors (Lipinski definition) is 7. The molecule has 1 aliphatic heterocycles. The Kier molecular flexibility index (Phi) is 8.64. The molecule has 0 fully saturated rings. The van der Waals surface area contributed by atoms with Gasteiger partial charge in [0, 0.05) is 32.0 Å². The maximum absolute atomic E-state index is 13.8. The number of esters is 1. The Labute approximate surface area is 223 Å². The Bertz CT molecular complexity index is 1340. The van der Waals surface area contributed by atoms with Crippen molar-refractivity contribution >= 4 is 46.7 Å². The molecule has 10 heteroatoms. The molecular formula is C26H26Cl2N2O5S. The van der Waals surface area contributed by atoms with Crippen molar-refractivity contribution in [2.45, 2.75) is 57.9 Å². The average Bonchev–Trinajstić information content (AvgIpc) is 3.23. The summed E-state index contributed by atoms with van der Waals surface area (Å²) in [6.07, 6.45) is 2.51. The lowest BCUT2D eigenvalue weighted by atomic mass is 9.77. The third kappa shape index (κ3) is 5.21. The number of aromatic nitrogens is 2. The van der Waals surface area contributed by atoms with Crippen molar-refractivity contribution in [3.05, 3.63) is 83.8 Å². The molecule has 3 aromatic rings. The second-order valence-electron chi connectivity index (χ2n) is 9.07. The molecule has 0 N–H and O–H groups in total. The van der Waals surface area contributed by atoms with Gasteiger partial charge in [0.2, 0.25) is 5.88 Å². The summed E-state index contributed by atoms with van der Waals surface area (Å²) in [5.74, 6) is 0.262. The number of aryl methyl sites for hydroxylation is 2. The van der Waals surface area contributed by atoms with E-state index in [1.807, 2.05) is 38.6 Å². The highest BCUT2D eigenvalue weighted by atomic mass is 35.5. The molecule has 2 aromatic carbocycles. The molecule has 7 nitrogen and oxygen atoms in total. The van der Waals surface area contributed by atoms with Crippen LogP contribution in [0.3, 0.4) is 0 Å². The van der Waals surface area contributed by atoms with Crippen LogP contribution in [0.5, 0.6) is 5.88 Å². The Balaban J connectivity index is 0.00000176. The topological polar surface area (TPSA) is 95.3 Å². The normalized spacial score (nSPS) is 13.9. The molecule has 0 bridgehead atoms. The summed E-state index contributed by atoms with van der Waals surface area (Å²) < 4.78 is 7.19. The average molecular weight is 549 g/mol. The Morgan fingerprint density at radius 2 is 1.81 bits per heavy atom. The van der Waals surface area contributed by atoms with Crippen LogP contribution < -0.4 is 4.74 Å². The number of thioether (sulfide) groups is 1. The highest BCUT2D eigenvalue weighted by molar-refractivity contribution is 7.99. The van der Waals surface area contributed by atoms with Crippen LogP contribution in [-0.4, -0.2) is 27.3 Å². The fraction of sp³-hybridized carbons (Fsp3) is 0.346. The zero-order valence-corrected chi connectivity index (χ0v) is 22.9.